The van der Waals surface area contributed by atoms with Gasteiger partial charge < -0.3 is 24.2 Å². The monoisotopic (exact) mass is 373 g/mol. The molecule has 0 atom stereocenters. The molecule has 1 aromatic heterocycles. The highest BCUT2D eigenvalue weighted by Crippen LogP contribution is 2.29. The Kier molecular flexibility index (Phi) is 5.63. The molecule has 8 heteroatoms. The van der Waals surface area contributed by atoms with E-state index in [1.165, 1.54) is 7.11 Å². The van der Waals surface area contributed by atoms with Crippen molar-refractivity contribution in [3.8, 4) is 11.5 Å². The van der Waals surface area contributed by atoms with Gasteiger partial charge in [0.2, 0.25) is 5.91 Å². The van der Waals surface area contributed by atoms with Crippen LogP contribution in [0, 0.1) is 12.8 Å². The van der Waals surface area contributed by atoms with Gasteiger partial charge in [-0.25, -0.2) is 0 Å². The Morgan fingerprint density at radius 2 is 1.85 bits per heavy atom. The lowest BCUT2D eigenvalue weighted by atomic mass is 9.95. The highest BCUT2D eigenvalue weighted by atomic mass is 16.5. The average Bonchev–Trinajstić information content (AvgIpc) is 3.11. The first-order valence-corrected chi connectivity index (χ1v) is 8.77. The van der Waals surface area contributed by atoms with Gasteiger partial charge in [-0.2, -0.15) is 0 Å². The minimum atomic E-state index is -0.156. The molecule has 0 spiro atoms. The molecule has 1 N–H and O–H groups in total. The molecule has 0 bridgehead atoms. The van der Waals surface area contributed by atoms with Gasteiger partial charge in [0.1, 0.15) is 5.76 Å². The first kappa shape index (κ1) is 18.8. The zero-order valence-corrected chi connectivity index (χ0v) is 15.7. The summed E-state index contributed by atoms with van der Waals surface area (Å²) in [5.74, 6) is 1.81. The third-order valence-corrected chi connectivity index (χ3v) is 4.66. The van der Waals surface area contributed by atoms with Crippen LogP contribution < -0.4 is 14.8 Å². The number of nitrogens with zero attached hydrogens (tertiary/aromatic N) is 2. The Hall–Kier alpha value is -3.03. The van der Waals surface area contributed by atoms with E-state index in [1.54, 1.807) is 43.2 Å². The maximum absolute atomic E-state index is 12.7. The molecule has 0 radical (unpaired) electrons. The summed E-state index contributed by atoms with van der Waals surface area (Å²) in [5, 5.41) is 6.53. The number of aromatic nitrogens is 1. The van der Waals surface area contributed by atoms with Crippen LogP contribution >= 0.6 is 0 Å². The molecule has 144 valence electrons. The topological polar surface area (TPSA) is 93.9 Å². The minimum absolute atomic E-state index is 0.0815. The number of benzene rings is 1. The van der Waals surface area contributed by atoms with Crippen LogP contribution in [0.25, 0.3) is 0 Å². The van der Waals surface area contributed by atoms with Crippen LogP contribution in [-0.4, -0.2) is 49.2 Å². The first-order valence-electron chi connectivity index (χ1n) is 8.77. The molecule has 8 nitrogen and oxygen atoms in total. The Morgan fingerprint density at radius 1 is 1.15 bits per heavy atom. The summed E-state index contributed by atoms with van der Waals surface area (Å²) in [4.78, 5) is 26.9. The van der Waals surface area contributed by atoms with Gasteiger partial charge in [-0.15, -0.1) is 0 Å². The molecule has 3 rings (SSSR count). The van der Waals surface area contributed by atoms with Crippen molar-refractivity contribution in [1.29, 1.82) is 0 Å². The van der Waals surface area contributed by atoms with Crippen molar-refractivity contribution in [3.05, 3.63) is 35.6 Å². The maximum atomic E-state index is 12.7. The number of likely N-dealkylation sites (tertiary alicyclic amines) is 1. The van der Waals surface area contributed by atoms with Gasteiger partial charge in [-0.05, 0) is 38.0 Å². The molecule has 0 saturated carbocycles. The second-order valence-corrected chi connectivity index (χ2v) is 6.45. The summed E-state index contributed by atoms with van der Waals surface area (Å²) >= 11 is 0. The number of anilines is 1. The lowest BCUT2D eigenvalue weighted by Gasteiger charge is -2.31. The molecular weight excluding hydrogens is 350 g/mol. The zero-order chi connectivity index (χ0) is 19.4. The van der Waals surface area contributed by atoms with Crippen LogP contribution in [0.15, 0.2) is 28.8 Å². The number of ether oxygens (including phenoxy) is 2. The van der Waals surface area contributed by atoms with Gasteiger partial charge in [-0.1, -0.05) is 5.16 Å². The normalized spacial score (nSPS) is 14.7. The Bertz CT molecular complexity index is 825. The largest absolute Gasteiger partial charge is 0.493 e. The molecule has 1 fully saturated rings. The van der Waals surface area contributed by atoms with E-state index in [9.17, 15) is 9.59 Å². The summed E-state index contributed by atoms with van der Waals surface area (Å²) in [6.07, 6.45) is 1.20. The number of carbonyl (C=O) groups excluding carboxylic acids is 2. The molecule has 27 heavy (non-hydrogen) atoms. The molecule has 0 unspecified atom stereocenters. The van der Waals surface area contributed by atoms with Gasteiger partial charge in [-0.3, -0.25) is 9.59 Å². The number of rotatable bonds is 5. The highest BCUT2D eigenvalue weighted by Gasteiger charge is 2.28. The van der Waals surface area contributed by atoms with Crippen LogP contribution in [-0.2, 0) is 4.79 Å². The molecular formula is C19H23N3O5. The smallest absolute Gasteiger partial charge is 0.253 e. The van der Waals surface area contributed by atoms with E-state index >= 15 is 0 Å². The van der Waals surface area contributed by atoms with Crippen LogP contribution in [0.4, 0.5) is 5.82 Å². The predicted octanol–water partition coefficient (Wildman–Crippen LogP) is 2.49. The van der Waals surface area contributed by atoms with Crippen molar-refractivity contribution in [2.45, 2.75) is 19.8 Å². The fourth-order valence-corrected chi connectivity index (χ4v) is 3.15. The van der Waals surface area contributed by atoms with E-state index in [0.717, 1.165) is 0 Å². The summed E-state index contributed by atoms with van der Waals surface area (Å²) < 4.78 is 15.4. The van der Waals surface area contributed by atoms with Gasteiger partial charge in [0.25, 0.3) is 5.91 Å². The van der Waals surface area contributed by atoms with Crippen molar-refractivity contribution in [3.63, 3.8) is 0 Å². The van der Waals surface area contributed by atoms with Crippen LogP contribution in [0.2, 0.25) is 0 Å². The number of hydrogen-bond acceptors (Lipinski definition) is 6. The zero-order valence-electron chi connectivity index (χ0n) is 15.7. The SMILES string of the molecule is COc1ccc(C(=O)N2CCC(C(=O)Nc3cc(C)on3)CC2)cc1OC. The Balaban J connectivity index is 1.58. The number of carbonyl (C=O) groups is 2. The number of piperidine rings is 1. The van der Waals surface area contributed by atoms with Crippen LogP contribution in [0.3, 0.4) is 0 Å². The fraction of sp³-hybridized carbons (Fsp3) is 0.421. The lowest BCUT2D eigenvalue weighted by Crippen LogP contribution is -2.41. The molecule has 2 aromatic rings. The van der Waals surface area contributed by atoms with E-state index in [1.807, 2.05) is 0 Å². The van der Waals surface area contributed by atoms with E-state index in [2.05, 4.69) is 10.5 Å². The minimum Gasteiger partial charge on any atom is -0.493 e. The number of methoxy groups -OCH3 is 2. The molecule has 2 heterocycles. The van der Waals surface area contributed by atoms with E-state index in [-0.39, 0.29) is 17.7 Å². The van der Waals surface area contributed by atoms with Crippen molar-refractivity contribution < 1.29 is 23.6 Å². The van der Waals surface area contributed by atoms with Gasteiger partial charge in [0, 0.05) is 30.6 Å². The third-order valence-electron chi connectivity index (χ3n) is 4.66. The van der Waals surface area contributed by atoms with Crippen molar-refractivity contribution in [2.75, 3.05) is 32.6 Å². The van der Waals surface area contributed by atoms with Crippen molar-refractivity contribution in [1.82, 2.24) is 10.1 Å². The van der Waals surface area contributed by atoms with Crippen LogP contribution in [0.1, 0.15) is 29.0 Å². The highest BCUT2D eigenvalue weighted by molar-refractivity contribution is 5.95. The summed E-state index contributed by atoms with van der Waals surface area (Å²) in [5.41, 5.74) is 0.536. The Labute approximate surface area is 157 Å². The molecule has 2 amide bonds. The molecule has 0 aliphatic carbocycles. The number of aryl methyl sites for hydroxylation is 1. The summed E-state index contributed by atoms with van der Waals surface area (Å²) in [6, 6.07) is 6.78. The summed E-state index contributed by atoms with van der Waals surface area (Å²) in [6.45, 7) is 2.80. The van der Waals surface area contributed by atoms with Crippen LogP contribution in [0.5, 0.6) is 11.5 Å². The lowest BCUT2D eigenvalue weighted by molar-refractivity contribution is -0.121. The second kappa shape index (κ2) is 8.11. The summed E-state index contributed by atoms with van der Waals surface area (Å²) in [7, 11) is 3.09. The molecule has 1 aliphatic rings. The maximum Gasteiger partial charge on any atom is 0.253 e. The fourth-order valence-electron chi connectivity index (χ4n) is 3.15. The average molecular weight is 373 g/mol. The van der Waals surface area contributed by atoms with E-state index in [0.29, 0.717) is 54.6 Å². The second-order valence-electron chi connectivity index (χ2n) is 6.45. The third kappa shape index (κ3) is 4.21. The van der Waals surface area contributed by atoms with Gasteiger partial charge in [0.05, 0.1) is 14.2 Å². The quantitative estimate of drug-likeness (QED) is 0.865. The van der Waals surface area contributed by atoms with Crippen molar-refractivity contribution in [2.24, 2.45) is 5.92 Å². The van der Waals surface area contributed by atoms with E-state index in [4.69, 9.17) is 14.0 Å². The van der Waals surface area contributed by atoms with Gasteiger partial charge in [0.15, 0.2) is 17.3 Å². The number of hydrogen-bond donors (Lipinski definition) is 1. The molecule has 1 aromatic carbocycles. The number of nitrogens with one attached hydrogen (secondary N) is 1. The van der Waals surface area contributed by atoms with E-state index < -0.39 is 0 Å². The Morgan fingerprint density at radius 3 is 2.44 bits per heavy atom. The predicted molar refractivity (Wildman–Crippen MR) is 98.0 cm³/mol. The number of amides is 2. The molecule has 1 aliphatic heterocycles. The first-order chi connectivity index (χ1) is 13.0. The van der Waals surface area contributed by atoms with Crippen molar-refractivity contribution >= 4 is 17.6 Å². The standard InChI is InChI=1S/C19H23N3O5/c1-12-10-17(21-27-12)20-18(23)13-6-8-22(9-7-13)19(24)14-4-5-15(25-2)16(11-14)26-3/h4-5,10-11,13H,6-9H2,1-3H3,(H,20,21,23). The molecule has 1 saturated heterocycles. The van der Waals surface area contributed by atoms with Gasteiger partial charge >= 0.3 is 0 Å².